The van der Waals surface area contributed by atoms with Crippen molar-refractivity contribution < 1.29 is 0 Å². The van der Waals surface area contributed by atoms with Crippen molar-refractivity contribution in [2.24, 2.45) is 0 Å². The lowest BCUT2D eigenvalue weighted by atomic mass is 9.92. The van der Waals surface area contributed by atoms with Crippen LogP contribution in [0, 0.1) is 17.9 Å². The first-order valence-electron chi connectivity index (χ1n) is 27.2. The highest BCUT2D eigenvalue weighted by molar-refractivity contribution is 7.26. The van der Waals surface area contributed by atoms with Crippen LogP contribution in [0.25, 0.3) is 157 Å². The quantitative estimate of drug-likeness (QED) is 0.153. The van der Waals surface area contributed by atoms with Crippen molar-refractivity contribution in [1.82, 2.24) is 18.3 Å². The second-order valence-electron chi connectivity index (χ2n) is 20.8. The Balaban J connectivity index is 1.20. The Hall–Kier alpha value is -11.0. The number of benzene rings is 12. The number of aromatic nitrogens is 4. The average Bonchev–Trinajstić information content (AvgIpc) is 3.34. The largest absolute Gasteiger partial charge is 0.318 e. The van der Waals surface area contributed by atoms with Gasteiger partial charge in [-0.25, -0.2) is 4.85 Å². The molecule has 0 radical (unpaired) electrons. The Morgan fingerprint density at radius 3 is 1.28 bits per heavy atom. The molecular weight excluding hydrogens is 1000 g/mol. The number of rotatable bonds is 6. The van der Waals surface area contributed by atoms with Crippen molar-refractivity contribution in [3.63, 3.8) is 0 Å². The zero-order valence-electron chi connectivity index (χ0n) is 43.3. The van der Waals surface area contributed by atoms with Crippen LogP contribution in [0.1, 0.15) is 5.56 Å². The third-order valence-electron chi connectivity index (χ3n) is 16.8. The highest BCUT2D eigenvalue weighted by Crippen LogP contribution is 2.54. The van der Waals surface area contributed by atoms with Gasteiger partial charge in [0.15, 0.2) is 0 Å². The molecule has 374 valence electrons. The van der Waals surface area contributed by atoms with E-state index >= 15 is 0 Å². The summed E-state index contributed by atoms with van der Waals surface area (Å²) in [7, 11) is 0. The van der Waals surface area contributed by atoms with Crippen LogP contribution in [0.2, 0.25) is 0 Å². The van der Waals surface area contributed by atoms with Crippen molar-refractivity contribution in [1.29, 1.82) is 5.26 Å². The molecule has 0 bridgehead atoms. The van der Waals surface area contributed by atoms with Crippen LogP contribution in [0.5, 0.6) is 0 Å². The lowest BCUT2D eigenvalue weighted by molar-refractivity contribution is 1.03. The van der Waals surface area contributed by atoms with Gasteiger partial charge in [-0.2, -0.15) is 5.26 Å². The van der Waals surface area contributed by atoms with Crippen LogP contribution < -0.4 is 0 Å². The molecule has 7 heteroatoms. The van der Waals surface area contributed by atoms with Gasteiger partial charge in [0.1, 0.15) is 6.07 Å². The zero-order chi connectivity index (χ0) is 53.4. The second kappa shape index (κ2) is 17.3. The molecule has 0 saturated heterocycles. The molecule has 0 fully saturated rings. The third kappa shape index (κ3) is 6.18. The molecule has 5 heterocycles. The molecule has 17 rings (SSSR count). The van der Waals surface area contributed by atoms with E-state index in [1.807, 2.05) is 0 Å². The van der Waals surface area contributed by atoms with Crippen LogP contribution in [0.4, 0.5) is 5.69 Å². The molecule has 5 aromatic heterocycles. The summed E-state index contributed by atoms with van der Waals surface area (Å²) in [6.45, 7) is 9.92. The average molecular weight is 1050 g/mol. The lowest BCUT2D eigenvalue weighted by Gasteiger charge is -2.27. The van der Waals surface area contributed by atoms with Gasteiger partial charge >= 0.3 is 0 Å². The van der Waals surface area contributed by atoms with Gasteiger partial charge in [-0.3, -0.25) is 0 Å². The van der Waals surface area contributed by atoms with Crippen LogP contribution in [-0.4, -0.2) is 18.3 Å². The van der Waals surface area contributed by atoms with Crippen molar-refractivity contribution in [2.75, 3.05) is 0 Å². The van der Waals surface area contributed by atoms with Gasteiger partial charge in [0.2, 0.25) is 5.69 Å². The predicted octanol–water partition coefficient (Wildman–Crippen LogP) is 20.2. The Kier molecular flexibility index (Phi) is 9.62. The first kappa shape index (κ1) is 45.1. The molecule has 0 spiro atoms. The van der Waals surface area contributed by atoms with E-state index in [1.165, 1.54) is 10.1 Å². The number of fused-ring (bicyclic) bond motifs is 16. The van der Waals surface area contributed by atoms with E-state index in [2.05, 4.69) is 279 Å². The van der Waals surface area contributed by atoms with Gasteiger partial charge in [0, 0.05) is 58.6 Å². The molecule has 0 atom stereocenters. The van der Waals surface area contributed by atoms with E-state index in [0.717, 1.165) is 125 Å². The Labute approximate surface area is 468 Å². The molecule has 17 aromatic rings. The first-order valence-corrected chi connectivity index (χ1v) is 28.0. The highest BCUT2D eigenvalue weighted by Gasteiger charge is 2.35. The van der Waals surface area contributed by atoms with E-state index < -0.39 is 0 Å². The summed E-state index contributed by atoms with van der Waals surface area (Å²) < 4.78 is 11.6. The van der Waals surface area contributed by atoms with E-state index in [9.17, 15) is 11.8 Å². The van der Waals surface area contributed by atoms with Gasteiger partial charge in [0.25, 0.3) is 0 Å². The van der Waals surface area contributed by atoms with Gasteiger partial charge in [0.05, 0.1) is 83.7 Å². The van der Waals surface area contributed by atoms with Gasteiger partial charge in [-0.05, 0) is 70.8 Å². The molecular formula is C74H42N6S. The fourth-order valence-electron chi connectivity index (χ4n) is 13.6. The summed E-state index contributed by atoms with van der Waals surface area (Å²) in [5, 5.41) is 23.5. The number of hydrogen-bond donors (Lipinski definition) is 0. The fraction of sp³-hybridized carbons (Fsp3) is 0. The van der Waals surface area contributed by atoms with Crippen molar-refractivity contribution in [2.45, 2.75) is 0 Å². The maximum Gasteiger partial charge on any atom is 0.237 e. The topological polar surface area (TPSA) is 47.9 Å². The van der Waals surface area contributed by atoms with Crippen LogP contribution in [0.15, 0.2) is 255 Å². The van der Waals surface area contributed by atoms with E-state index in [4.69, 9.17) is 4.85 Å². The monoisotopic (exact) mass is 1050 g/mol. The number of hydrogen-bond acceptors (Lipinski definition) is 2. The summed E-state index contributed by atoms with van der Waals surface area (Å²) in [4.78, 5) is 4.84. The number of para-hydroxylation sites is 6. The Morgan fingerprint density at radius 1 is 0.333 bits per heavy atom. The summed E-state index contributed by atoms with van der Waals surface area (Å²) in [5.74, 6) is 0. The zero-order valence-corrected chi connectivity index (χ0v) is 44.2. The highest BCUT2D eigenvalue weighted by atomic mass is 32.1. The molecule has 0 saturated carbocycles. The molecule has 0 aliphatic rings. The van der Waals surface area contributed by atoms with E-state index in [-0.39, 0.29) is 0 Å². The molecule has 0 aliphatic carbocycles. The normalized spacial score (nSPS) is 11.9. The predicted molar refractivity (Wildman–Crippen MR) is 339 cm³/mol. The minimum absolute atomic E-state index is 0.355. The number of nitriles is 1. The SMILES string of the molecule is [C-]#[N+]c1c(-n2c3ccccc3c3ccccc32)c(C#N)c(-n2c3ccccc3c3ccccc32)c(-n2c3cccc(-c4ccccc4-c4ccccc4)c3c3ccc4c5ccccc5sc4c32)c1-n1c2ccccc2c2ccccc21. The van der Waals surface area contributed by atoms with E-state index in [1.54, 1.807) is 11.3 Å². The molecule has 6 nitrogen and oxygen atoms in total. The minimum atomic E-state index is 0.355. The first-order chi connectivity index (χ1) is 40.2. The Morgan fingerprint density at radius 2 is 0.753 bits per heavy atom. The van der Waals surface area contributed by atoms with Crippen molar-refractivity contribution >= 4 is 124 Å². The van der Waals surface area contributed by atoms with Gasteiger partial charge in [-0.15, -0.1) is 11.3 Å². The van der Waals surface area contributed by atoms with Gasteiger partial charge in [-0.1, -0.05) is 206 Å². The van der Waals surface area contributed by atoms with Crippen molar-refractivity contribution in [3.8, 4) is 51.1 Å². The fourth-order valence-corrected chi connectivity index (χ4v) is 14.9. The lowest BCUT2D eigenvalue weighted by Crippen LogP contribution is -2.14. The third-order valence-corrected chi connectivity index (χ3v) is 18.0. The molecule has 0 N–H and O–H groups in total. The molecule has 81 heavy (non-hydrogen) atoms. The minimum Gasteiger partial charge on any atom is -0.318 e. The maximum atomic E-state index is 12.7. The number of thiophene rings is 1. The molecule has 12 aromatic carbocycles. The van der Waals surface area contributed by atoms with Crippen LogP contribution >= 0.6 is 11.3 Å². The smallest absolute Gasteiger partial charge is 0.237 e. The standard InChI is InChI=1S/C74H42N6S/c1-76-68-69(77-59-34-14-7-26-48(59)49-27-8-15-35-60(49)77)58(44-75)70(78-61-36-16-9-28-50(61)51-29-10-17-37-62(51)78)73(72(68)79-63-38-18-11-30-52(63)53-31-12-19-39-64(53)79)80-65-40-21-33-55(47-25-6-5-24-46(47)45-22-3-2-4-23-45)67(65)57-43-42-56-54-32-13-20-41-66(54)81-74(56)71(57)80/h2-43H. The molecule has 0 unspecified atom stereocenters. The summed E-state index contributed by atoms with van der Waals surface area (Å²) >= 11 is 1.79. The second-order valence-corrected chi connectivity index (χ2v) is 21.9. The van der Waals surface area contributed by atoms with Gasteiger partial charge < -0.3 is 18.3 Å². The van der Waals surface area contributed by atoms with Crippen molar-refractivity contribution in [3.05, 3.63) is 272 Å². The van der Waals surface area contributed by atoms with Crippen LogP contribution in [0.3, 0.4) is 0 Å². The summed E-state index contributed by atoms with van der Waals surface area (Å²) in [5.41, 5.74) is 15.3. The van der Waals surface area contributed by atoms with Crippen LogP contribution in [-0.2, 0) is 0 Å². The molecule has 0 amide bonds. The summed E-state index contributed by atoms with van der Waals surface area (Å²) in [6, 6.07) is 93.4. The molecule has 0 aliphatic heterocycles. The number of nitrogens with zero attached hydrogens (tertiary/aromatic N) is 6. The summed E-state index contributed by atoms with van der Waals surface area (Å²) in [6.07, 6.45) is 0. The Bertz CT molecular complexity index is 5320. The van der Waals surface area contributed by atoms with E-state index in [0.29, 0.717) is 28.3 Å². The maximum absolute atomic E-state index is 12.7.